The molecule has 2 heterocycles. The number of aromatic amines is 1. The van der Waals surface area contributed by atoms with E-state index in [9.17, 15) is 9.59 Å². The quantitative estimate of drug-likeness (QED) is 0.774. The molecular formula is C11H10ClN3O2. The van der Waals surface area contributed by atoms with Crippen molar-refractivity contribution in [2.75, 3.05) is 0 Å². The Morgan fingerprint density at radius 1 is 1.29 bits per heavy atom. The minimum Gasteiger partial charge on any atom is -0.297 e. The van der Waals surface area contributed by atoms with Crippen LogP contribution in [0, 0.1) is 13.8 Å². The first-order valence-corrected chi connectivity index (χ1v) is 5.33. The maximum absolute atomic E-state index is 11.7. The van der Waals surface area contributed by atoms with Crippen molar-refractivity contribution in [1.29, 1.82) is 0 Å². The molecule has 88 valence electrons. The summed E-state index contributed by atoms with van der Waals surface area (Å²) in [6.07, 6.45) is 0. The number of aromatic nitrogens is 3. The lowest BCUT2D eigenvalue weighted by Crippen LogP contribution is -2.33. The topological polar surface area (TPSA) is 67.8 Å². The van der Waals surface area contributed by atoms with Gasteiger partial charge in [-0.2, -0.15) is 0 Å². The monoisotopic (exact) mass is 251 g/mol. The van der Waals surface area contributed by atoms with Gasteiger partial charge in [0.05, 0.1) is 11.4 Å². The van der Waals surface area contributed by atoms with E-state index < -0.39 is 11.2 Å². The Morgan fingerprint density at radius 2 is 2.00 bits per heavy atom. The summed E-state index contributed by atoms with van der Waals surface area (Å²) in [6, 6.07) is 4.58. The normalized spacial score (nSPS) is 10.5. The molecule has 0 amide bonds. The first-order valence-electron chi connectivity index (χ1n) is 4.95. The lowest BCUT2D eigenvalue weighted by Gasteiger charge is -2.07. The van der Waals surface area contributed by atoms with Crippen LogP contribution in [-0.4, -0.2) is 14.5 Å². The largest absolute Gasteiger partial charge is 0.334 e. The summed E-state index contributed by atoms with van der Waals surface area (Å²) >= 11 is 5.59. The fraction of sp³-hybridized carbons (Fsp3) is 0.182. The van der Waals surface area contributed by atoms with E-state index in [1.165, 1.54) is 0 Å². The third kappa shape index (κ3) is 2.14. The molecule has 0 aliphatic rings. The maximum atomic E-state index is 11.7. The second-order valence-corrected chi connectivity index (χ2v) is 4.06. The smallest absolute Gasteiger partial charge is 0.297 e. The van der Waals surface area contributed by atoms with E-state index in [1.807, 2.05) is 6.92 Å². The van der Waals surface area contributed by atoms with Crippen LogP contribution in [0.25, 0.3) is 5.69 Å². The third-order valence-corrected chi connectivity index (χ3v) is 2.54. The molecule has 2 aromatic heterocycles. The summed E-state index contributed by atoms with van der Waals surface area (Å²) in [4.78, 5) is 30.0. The van der Waals surface area contributed by atoms with E-state index in [4.69, 9.17) is 11.6 Å². The van der Waals surface area contributed by atoms with Gasteiger partial charge in [0.15, 0.2) is 0 Å². The molecule has 0 radical (unpaired) electrons. The van der Waals surface area contributed by atoms with Crippen LogP contribution in [-0.2, 0) is 0 Å². The summed E-state index contributed by atoms with van der Waals surface area (Å²) < 4.78 is 1.01. The SMILES string of the molecule is Cc1ccc(-n2c(=O)cc(Cl)[nH]c2=O)c(C)n1. The van der Waals surface area contributed by atoms with Gasteiger partial charge >= 0.3 is 5.69 Å². The molecule has 0 bridgehead atoms. The molecule has 0 saturated carbocycles. The van der Waals surface area contributed by atoms with Crippen LogP contribution >= 0.6 is 11.6 Å². The molecule has 1 N–H and O–H groups in total. The van der Waals surface area contributed by atoms with Gasteiger partial charge in [-0.05, 0) is 26.0 Å². The van der Waals surface area contributed by atoms with Gasteiger partial charge in [-0.25, -0.2) is 9.36 Å². The summed E-state index contributed by atoms with van der Waals surface area (Å²) in [5, 5.41) is 0.0222. The Labute approximate surface area is 102 Å². The Balaban J connectivity index is 2.78. The number of H-pyrrole nitrogens is 1. The van der Waals surface area contributed by atoms with Crippen LogP contribution in [0.15, 0.2) is 27.8 Å². The third-order valence-electron chi connectivity index (χ3n) is 2.34. The highest BCUT2D eigenvalue weighted by atomic mass is 35.5. The van der Waals surface area contributed by atoms with E-state index in [0.29, 0.717) is 11.4 Å². The van der Waals surface area contributed by atoms with E-state index >= 15 is 0 Å². The van der Waals surface area contributed by atoms with E-state index in [1.54, 1.807) is 19.1 Å². The van der Waals surface area contributed by atoms with Gasteiger partial charge in [0, 0.05) is 11.8 Å². The van der Waals surface area contributed by atoms with E-state index in [-0.39, 0.29) is 5.15 Å². The van der Waals surface area contributed by atoms with Crippen molar-refractivity contribution < 1.29 is 0 Å². The molecule has 6 heteroatoms. The molecule has 17 heavy (non-hydrogen) atoms. The Kier molecular flexibility index (Phi) is 2.85. The van der Waals surface area contributed by atoms with Crippen LogP contribution < -0.4 is 11.2 Å². The van der Waals surface area contributed by atoms with Crippen LogP contribution in [0.4, 0.5) is 0 Å². The minimum absolute atomic E-state index is 0.0222. The van der Waals surface area contributed by atoms with Crippen molar-refractivity contribution >= 4 is 11.6 Å². The van der Waals surface area contributed by atoms with Gasteiger partial charge in [0.1, 0.15) is 5.15 Å². The zero-order valence-corrected chi connectivity index (χ0v) is 10.1. The van der Waals surface area contributed by atoms with Crippen molar-refractivity contribution in [2.45, 2.75) is 13.8 Å². The highest BCUT2D eigenvalue weighted by Gasteiger charge is 2.09. The molecule has 2 rings (SSSR count). The molecule has 0 aliphatic carbocycles. The van der Waals surface area contributed by atoms with Crippen LogP contribution in [0.2, 0.25) is 5.15 Å². The summed E-state index contributed by atoms with van der Waals surface area (Å²) in [5.74, 6) is 0. The number of rotatable bonds is 1. The van der Waals surface area contributed by atoms with Gasteiger partial charge in [0.25, 0.3) is 5.56 Å². The second kappa shape index (κ2) is 4.18. The molecule has 0 atom stereocenters. The number of pyridine rings is 1. The van der Waals surface area contributed by atoms with Gasteiger partial charge in [-0.1, -0.05) is 11.6 Å². The first-order chi connectivity index (χ1) is 7.99. The van der Waals surface area contributed by atoms with Crippen molar-refractivity contribution in [3.63, 3.8) is 0 Å². The number of halogens is 1. The van der Waals surface area contributed by atoms with E-state index in [0.717, 1.165) is 16.3 Å². The number of aryl methyl sites for hydroxylation is 2. The molecule has 0 unspecified atom stereocenters. The Morgan fingerprint density at radius 3 is 2.59 bits per heavy atom. The molecular weight excluding hydrogens is 242 g/mol. The summed E-state index contributed by atoms with van der Waals surface area (Å²) in [6.45, 7) is 3.58. The summed E-state index contributed by atoms with van der Waals surface area (Å²) in [7, 11) is 0. The van der Waals surface area contributed by atoms with Crippen molar-refractivity contribution in [3.05, 3.63) is 55.6 Å². The van der Waals surface area contributed by atoms with Gasteiger partial charge in [-0.15, -0.1) is 0 Å². The molecule has 2 aromatic rings. The molecule has 0 aromatic carbocycles. The second-order valence-electron chi connectivity index (χ2n) is 3.65. The average molecular weight is 252 g/mol. The first kappa shape index (κ1) is 11.6. The van der Waals surface area contributed by atoms with Crippen LogP contribution in [0.1, 0.15) is 11.4 Å². The number of nitrogens with one attached hydrogen (secondary N) is 1. The lowest BCUT2D eigenvalue weighted by molar-refractivity contribution is 0.857. The standard InChI is InChI=1S/C11H10ClN3O2/c1-6-3-4-8(7(2)13-6)15-10(16)5-9(12)14-11(15)17/h3-5H,1-2H3,(H,14,17). The molecule has 0 spiro atoms. The minimum atomic E-state index is -0.573. The van der Waals surface area contributed by atoms with Crippen LogP contribution in [0.3, 0.4) is 0 Å². The zero-order valence-electron chi connectivity index (χ0n) is 9.32. The van der Waals surface area contributed by atoms with Crippen molar-refractivity contribution in [3.8, 4) is 5.69 Å². The number of hydrogen-bond acceptors (Lipinski definition) is 3. The average Bonchev–Trinajstić information content (AvgIpc) is 2.19. The van der Waals surface area contributed by atoms with Gasteiger partial charge < -0.3 is 0 Å². The number of hydrogen-bond donors (Lipinski definition) is 1. The van der Waals surface area contributed by atoms with Gasteiger partial charge in [-0.3, -0.25) is 14.8 Å². The fourth-order valence-corrected chi connectivity index (χ4v) is 1.79. The van der Waals surface area contributed by atoms with Gasteiger partial charge in [0.2, 0.25) is 0 Å². The molecule has 5 nitrogen and oxygen atoms in total. The zero-order chi connectivity index (χ0) is 12.6. The predicted octanol–water partition coefficient (Wildman–Crippen LogP) is 1.19. The molecule has 0 fully saturated rings. The highest BCUT2D eigenvalue weighted by Crippen LogP contribution is 2.08. The molecule has 0 aliphatic heterocycles. The lowest BCUT2D eigenvalue weighted by atomic mass is 10.2. The fourth-order valence-electron chi connectivity index (χ4n) is 1.61. The van der Waals surface area contributed by atoms with E-state index in [2.05, 4.69) is 9.97 Å². The highest BCUT2D eigenvalue weighted by molar-refractivity contribution is 6.29. The predicted molar refractivity (Wildman–Crippen MR) is 64.9 cm³/mol. The maximum Gasteiger partial charge on any atom is 0.334 e. The van der Waals surface area contributed by atoms with Crippen LogP contribution in [0.5, 0.6) is 0 Å². The molecule has 0 saturated heterocycles. The van der Waals surface area contributed by atoms with Crippen molar-refractivity contribution in [1.82, 2.24) is 14.5 Å². The number of nitrogens with zero attached hydrogens (tertiary/aromatic N) is 2. The Hall–Kier alpha value is -1.88. The summed E-state index contributed by atoms with van der Waals surface area (Å²) in [5.41, 5.74) is 0.840. The van der Waals surface area contributed by atoms with Crippen molar-refractivity contribution in [2.24, 2.45) is 0 Å². The Bertz CT molecular complexity index is 657.